The van der Waals surface area contributed by atoms with Crippen molar-refractivity contribution in [1.82, 2.24) is 5.32 Å². The molecule has 5 rings (SSSR count). The highest BCUT2D eigenvalue weighted by atomic mass is 32.2. The molecule has 1 heterocycles. The Kier molecular flexibility index (Phi) is 9.74. The van der Waals surface area contributed by atoms with Gasteiger partial charge in [-0.2, -0.15) is 0 Å². The van der Waals surface area contributed by atoms with Crippen molar-refractivity contribution in [2.45, 2.75) is 37.5 Å². The third-order valence-corrected chi connectivity index (χ3v) is 8.33. The molecule has 3 amide bonds. The summed E-state index contributed by atoms with van der Waals surface area (Å²) in [6.07, 6.45) is 3.64. The van der Waals surface area contributed by atoms with Crippen LogP contribution < -0.4 is 15.5 Å². The van der Waals surface area contributed by atoms with Gasteiger partial charge in [0.1, 0.15) is 5.70 Å². The van der Waals surface area contributed by atoms with E-state index in [1.54, 1.807) is 42.5 Å². The van der Waals surface area contributed by atoms with E-state index in [-0.39, 0.29) is 17.5 Å². The zero-order valence-corrected chi connectivity index (χ0v) is 25.2. The minimum Gasteiger partial charge on any atom is -0.321 e. The molecule has 1 aliphatic heterocycles. The van der Waals surface area contributed by atoms with Crippen LogP contribution in [0.15, 0.2) is 114 Å². The Labute approximate surface area is 257 Å². The first kappa shape index (κ1) is 29.9. The lowest BCUT2D eigenvalue weighted by Gasteiger charge is -2.29. The van der Waals surface area contributed by atoms with E-state index in [4.69, 9.17) is 0 Å². The number of benzene rings is 4. The second-order valence-corrected chi connectivity index (χ2v) is 11.8. The van der Waals surface area contributed by atoms with E-state index >= 15 is 0 Å². The summed E-state index contributed by atoms with van der Waals surface area (Å²) >= 11 is 1.47. The molecule has 2 N–H and O–H groups in total. The van der Waals surface area contributed by atoms with E-state index in [2.05, 4.69) is 30.5 Å². The van der Waals surface area contributed by atoms with E-state index in [0.29, 0.717) is 22.9 Å². The summed E-state index contributed by atoms with van der Waals surface area (Å²) in [7, 11) is 0. The van der Waals surface area contributed by atoms with Crippen LogP contribution in [-0.4, -0.2) is 30.0 Å². The predicted molar refractivity (Wildman–Crippen MR) is 175 cm³/mol. The number of nitrogens with one attached hydrogen (secondary N) is 2. The molecule has 0 saturated carbocycles. The average molecular weight is 590 g/mol. The van der Waals surface area contributed by atoms with E-state index in [1.807, 2.05) is 65.6 Å². The lowest BCUT2D eigenvalue weighted by atomic mass is 10.0. The standard InChI is InChI=1S/C36H35N3O3S/c1-25(2)27-16-14-26(15-17-27)23-32(38-35(41)29-10-4-3-5-11-29)36(42)37-30-18-20-31(21-19-30)43-24-34(40)39-22-8-12-28-9-6-7-13-33(28)39/h3-7,9-11,13-21,23,25H,8,12,22,24H2,1-2H3,(H,37,42)(H,38,41)/b32-23-. The SMILES string of the molecule is CC(C)c1ccc(/C=C(\NC(=O)c2ccccc2)C(=O)Nc2ccc(SCC(=O)N3CCCc4ccccc43)cc2)cc1. The molecule has 0 aromatic heterocycles. The van der Waals surface area contributed by atoms with Crippen LogP contribution in [0.25, 0.3) is 6.08 Å². The Morgan fingerprint density at radius 2 is 1.56 bits per heavy atom. The van der Waals surface area contributed by atoms with E-state index in [0.717, 1.165) is 35.5 Å². The number of carbonyl (C=O) groups excluding carboxylic acids is 3. The lowest BCUT2D eigenvalue weighted by Crippen LogP contribution is -2.36. The molecule has 4 aromatic carbocycles. The quantitative estimate of drug-likeness (QED) is 0.159. The fourth-order valence-corrected chi connectivity index (χ4v) is 5.71. The highest BCUT2D eigenvalue weighted by molar-refractivity contribution is 8.00. The summed E-state index contributed by atoms with van der Waals surface area (Å²) in [5, 5.41) is 5.68. The minimum absolute atomic E-state index is 0.0832. The van der Waals surface area contributed by atoms with Crippen LogP contribution >= 0.6 is 11.8 Å². The van der Waals surface area contributed by atoms with Crippen LogP contribution in [-0.2, 0) is 16.0 Å². The Balaban J connectivity index is 1.25. The van der Waals surface area contributed by atoms with Gasteiger partial charge in [-0.1, -0.05) is 74.5 Å². The molecule has 6 nitrogen and oxygen atoms in total. The van der Waals surface area contributed by atoms with Crippen LogP contribution in [0.1, 0.15) is 53.2 Å². The number of amides is 3. The number of rotatable bonds is 9. The second kappa shape index (κ2) is 14.0. The summed E-state index contributed by atoms with van der Waals surface area (Å²) < 4.78 is 0. The molecule has 0 fully saturated rings. The van der Waals surface area contributed by atoms with Crippen LogP contribution in [0.3, 0.4) is 0 Å². The molecule has 43 heavy (non-hydrogen) atoms. The summed E-state index contributed by atoms with van der Waals surface area (Å²) in [6.45, 7) is 4.98. The van der Waals surface area contributed by atoms with Crippen molar-refractivity contribution in [3.05, 3.63) is 131 Å². The van der Waals surface area contributed by atoms with Gasteiger partial charge in [0, 0.05) is 28.4 Å². The average Bonchev–Trinajstić information content (AvgIpc) is 3.04. The van der Waals surface area contributed by atoms with E-state index in [9.17, 15) is 14.4 Å². The van der Waals surface area contributed by atoms with Gasteiger partial charge in [0.05, 0.1) is 5.75 Å². The van der Waals surface area contributed by atoms with E-state index < -0.39 is 5.91 Å². The molecule has 0 bridgehead atoms. The van der Waals surface area contributed by atoms with Gasteiger partial charge in [-0.25, -0.2) is 0 Å². The van der Waals surface area contributed by atoms with Crippen LogP contribution in [0, 0.1) is 0 Å². The van der Waals surface area contributed by atoms with Crippen LogP contribution in [0.5, 0.6) is 0 Å². The topological polar surface area (TPSA) is 78.5 Å². The van der Waals surface area contributed by atoms with Crippen LogP contribution in [0.4, 0.5) is 11.4 Å². The Morgan fingerprint density at radius 1 is 0.860 bits per heavy atom. The Morgan fingerprint density at radius 3 is 2.28 bits per heavy atom. The molecule has 0 saturated heterocycles. The summed E-state index contributed by atoms with van der Waals surface area (Å²) in [4.78, 5) is 42.1. The molecule has 0 spiro atoms. The maximum atomic E-state index is 13.4. The third kappa shape index (κ3) is 7.81. The molecule has 0 aliphatic carbocycles. The number of fused-ring (bicyclic) bond motifs is 1. The number of carbonyl (C=O) groups is 3. The van der Waals surface area contributed by atoms with Crippen molar-refractivity contribution in [1.29, 1.82) is 0 Å². The highest BCUT2D eigenvalue weighted by Gasteiger charge is 2.22. The predicted octanol–water partition coefficient (Wildman–Crippen LogP) is 7.29. The molecule has 1 aliphatic rings. The van der Waals surface area contributed by atoms with Crippen molar-refractivity contribution >= 4 is 46.9 Å². The fourth-order valence-electron chi connectivity index (χ4n) is 4.93. The lowest BCUT2D eigenvalue weighted by molar-refractivity contribution is -0.116. The minimum atomic E-state index is -0.434. The zero-order valence-electron chi connectivity index (χ0n) is 24.4. The number of thioether (sulfide) groups is 1. The second-order valence-electron chi connectivity index (χ2n) is 10.7. The molecule has 218 valence electrons. The number of para-hydroxylation sites is 1. The third-order valence-electron chi connectivity index (χ3n) is 7.33. The molecule has 4 aromatic rings. The Hall–Kier alpha value is -4.62. The number of nitrogens with zero attached hydrogens (tertiary/aromatic N) is 1. The Bertz CT molecular complexity index is 1610. The fraction of sp³-hybridized carbons (Fsp3) is 0.194. The number of hydrogen-bond donors (Lipinski definition) is 2. The van der Waals surface area contributed by atoms with Crippen molar-refractivity contribution in [3.8, 4) is 0 Å². The monoisotopic (exact) mass is 589 g/mol. The maximum absolute atomic E-state index is 13.4. The summed E-state index contributed by atoms with van der Waals surface area (Å²) in [6, 6.07) is 32.2. The highest BCUT2D eigenvalue weighted by Crippen LogP contribution is 2.28. The first-order chi connectivity index (χ1) is 20.9. The van der Waals surface area contributed by atoms with Crippen LogP contribution in [0.2, 0.25) is 0 Å². The smallest absolute Gasteiger partial charge is 0.272 e. The van der Waals surface area contributed by atoms with Gasteiger partial charge < -0.3 is 15.5 Å². The molecule has 0 radical (unpaired) electrons. The number of aryl methyl sites for hydroxylation is 1. The molecular formula is C36H35N3O3S. The van der Waals surface area contributed by atoms with Gasteiger partial charge in [-0.3, -0.25) is 14.4 Å². The maximum Gasteiger partial charge on any atom is 0.272 e. The summed E-state index contributed by atoms with van der Waals surface area (Å²) in [5.74, 6) is -0.00191. The summed E-state index contributed by atoms with van der Waals surface area (Å²) in [5.41, 5.74) is 5.40. The number of anilines is 2. The van der Waals surface area contributed by atoms with Crippen molar-refractivity contribution in [2.24, 2.45) is 0 Å². The van der Waals surface area contributed by atoms with Crippen molar-refractivity contribution in [2.75, 3.05) is 22.5 Å². The largest absolute Gasteiger partial charge is 0.321 e. The first-order valence-electron chi connectivity index (χ1n) is 14.5. The van der Waals surface area contributed by atoms with Gasteiger partial charge in [-0.15, -0.1) is 11.8 Å². The van der Waals surface area contributed by atoms with E-state index in [1.165, 1.54) is 22.9 Å². The molecule has 0 unspecified atom stereocenters. The van der Waals surface area contributed by atoms with Gasteiger partial charge in [0.15, 0.2) is 0 Å². The van der Waals surface area contributed by atoms with Gasteiger partial charge in [-0.05, 0) is 84.0 Å². The van der Waals surface area contributed by atoms with Crippen molar-refractivity contribution < 1.29 is 14.4 Å². The molecule has 7 heteroatoms. The van der Waals surface area contributed by atoms with Crippen molar-refractivity contribution in [3.63, 3.8) is 0 Å². The van der Waals surface area contributed by atoms with Gasteiger partial charge >= 0.3 is 0 Å². The first-order valence-corrected chi connectivity index (χ1v) is 15.5. The van der Waals surface area contributed by atoms with Gasteiger partial charge in [0.25, 0.3) is 11.8 Å². The molecule has 0 atom stereocenters. The number of hydrogen-bond acceptors (Lipinski definition) is 4. The van der Waals surface area contributed by atoms with Gasteiger partial charge in [0.2, 0.25) is 5.91 Å². The molecular weight excluding hydrogens is 554 g/mol. The zero-order chi connectivity index (χ0) is 30.2. The normalized spacial score (nSPS) is 12.9.